The first-order chi connectivity index (χ1) is 6.77. The number of hydrogen-bond donors (Lipinski definition) is 0. The van der Waals surface area contributed by atoms with Crippen molar-refractivity contribution in [2.24, 2.45) is 9.63 Å². The van der Waals surface area contributed by atoms with Crippen LogP contribution in [0.25, 0.3) is 0 Å². The van der Waals surface area contributed by atoms with E-state index in [1.54, 1.807) is 6.92 Å². The number of ketones is 1. The maximum Gasteiger partial charge on any atom is 0.159 e. The number of benzene rings is 1. The lowest BCUT2D eigenvalue weighted by molar-refractivity contribution is 0.101. The Morgan fingerprint density at radius 3 is 2.64 bits per heavy atom. The second-order valence-electron chi connectivity index (χ2n) is 3.19. The molecule has 0 radical (unpaired) electrons. The summed E-state index contributed by atoms with van der Waals surface area (Å²) in [5.74, 6) is 0.998. The smallest absolute Gasteiger partial charge is 0.159 e. The van der Waals surface area contributed by atoms with Crippen molar-refractivity contribution in [3.63, 3.8) is 0 Å². The molecule has 0 N–H and O–H groups in total. The maximum absolute atomic E-state index is 11.0. The van der Waals surface area contributed by atoms with Gasteiger partial charge in [0.1, 0.15) is 6.04 Å². The van der Waals surface area contributed by atoms with Gasteiger partial charge in [-0.1, -0.05) is 24.3 Å². The molecule has 0 amide bonds. The van der Waals surface area contributed by atoms with Gasteiger partial charge >= 0.3 is 0 Å². The molecule has 1 aromatic rings. The Balaban J connectivity index is 2.21. The molecule has 1 heterocycles. The second kappa shape index (κ2) is 3.92. The van der Waals surface area contributed by atoms with E-state index in [0.717, 1.165) is 16.9 Å². The number of carbonyl (C=O) groups excluding carboxylic acids is 1. The van der Waals surface area contributed by atoms with E-state index >= 15 is 0 Å². The minimum atomic E-state index is 0.0963. The van der Waals surface area contributed by atoms with Gasteiger partial charge in [0.05, 0.1) is 0 Å². The van der Waals surface area contributed by atoms with Crippen LogP contribution in [0.4, 0.5) is 0 Å². The number of rotatable bonds is 2. The third-order valence-electron chi connectivity index (χ3n) is 2.18. The third kappa shape index (κ3) is 1.85. The molecule has 1 aromatic carbocycles. The zero-order chi connectivity index (χ0) is 9.97. The van der Waals surface area contributed by atoms with Gasteiger partial charge in [0.15, 0.2) is 5.78 Å². The van der Waals surface area contributed by atoms with Crippen molar-refractivity contribution < 1.29 is 4.79 Å². The summed E-state index contributed by atoms with van der Waals surface area (Å²) in [6, 6.07) is 7.76. The lowest BCUT2D eigenvalue weighted by Crippen LogP contribution is -1.96. The zero-order valence-corrected chi connectivity index (χ0v) is 8.62. The highest BCUT2D eigenvalue weighted by atomic mass is 32.2. The molecule has 2 rings (SSSR count). The van der Waals surface area contributed by atoms with Gasteiger partial charge in [0.25, 0.3) is 0 Å². The largest absolute Gasteiger partial charge is 0.295 e. The van der Waals surface area contributed by atoms with Crippen molar-refractivity contribution >= 4 is 17.7 Å². The van der Waals surface area contributed by atoms with Gasteiger partial charge in [0, 0.05) is 11.3 Å². The molecule has 0 saturated heterocycles. The molecule has 1 aliphatic rings. The Morgan fingerprint density at radius 1 is 1.43 bits per heavy atom. The molecule has 0 aliphatic carbocycles. The highest BCUT2D eigenvalue weighted by Crippen LogP contribution is 2.30. The fraction of sp³-hybridized carbons (Fsp3) is 0.300. The Labute approximate surface area is 86.8 Å². The topological polar surface area (TPSA) is 41.8 Å². The van der Waals surface area contributed by atoms with E-state index in [1.165, 1.54) is 11.9 Å². The Morgan fingerprint density at radius 2 is 2.14 bits per heavy atom. The Hall–Kier alpha value is -1.16. The predicted molar refractivity (Wildman–Crippen MR) is 56.5 cm³/mol. The van der Waals surface area contributed by atoms with E-state index in [1.807, 2.05) is 24.3 Å². The van der Waals surface area contributed by atoms with Crippen LogP contribution < -0.4 is 0 Å². The molecule has 72 valence electrons. The predicted octanol–water partition coefficient (Wildman–Crippen LogP) is 3.04. The van der Waals surface area contributed by atoms with Gasteiger partial charge in [-0.05, 0) is 24.4 Å². The van der Waals surface area contributed by atoms with Gasteiger partial charge in [0.2, 0.25) is 0 Å². The number of Topliss-reactive ketones (excluding diaryl/α,β-unsaturated/α-hetero) is 1. The first-order valence-corrected chi connectivity index (χ1v) is 5.34. The molecule has 0 fully saturated rings. The summed E-state index contributed by atoms with van der Waals surface area (Å²) in [4.78, 5) is 11.0. The second-order valence-corrected chi connectivity index (χ2v) is 3.94. The molecule has 14 heavy (non-hydrogen) atoms. The zero-order valence-electron chi connectivity index (χ0n) is 7.80. The highest BCUT2D eigenvalue weighted by molar-refractivity contribution is 7.98. The lowest BCUT2D eigenvalue weighted by atomic mass is 10.1. The van der Waals surface area contributed by atoms with Crippen molar-refractivity contribution in [1.82, 2.24) is 0 Å². The standard InChI is InChI=1S/C10H10N2OS/c1-7(13)8-2-4-9(5-3-8)10-6-14-12-11-10/h2-5,10H,6H2,1H3. The fourth-order valence-corrected chi connectivity index (χ4v) is 1.98. The maximum atomic E-state index is 11.0. The molecule has 0 bridgehead atoms. The van der Waals surface area contributed by atoms with E-state index in [-0.39, 0.29) is 11.8 Å². The summed E-state index contributed by atoms with van der Waals surface area (Å²) in [6.45, 7) is 1.57. The van der Waals surface area contributed by atoms with Crippen LogP contribution in [-0.4, -0.2) is 11.5 Å². The van der Waals surface area contributed by atoms with Crippen molar-refractivity contribution in [3.8, 4) is 0 Å². The molecule has 0 aromatic heterocycles. The van der Waals surface area contributed by atoms with E-state index in [0.29, 0.717) is 0 Å². The van der Waals surface area contributed by atoms with Crippen LogP contribution in [0.1, 0.15) is 28.9 Å². The first-order valence-electron chi connectivity index (χ1n) is 4.40. The first kappa shape index (κ1) is 9.40. The van der Waals surface area contributed by atoms with Crippen LogP contribution in [0, 0.1) is 0 Å². The number of hydrogen-bond acceptors (Lipinski definition) is 4. The van der Waals surface area contributed by atoms with E-state index < -0.39 is 0 Å². The van der Waals surface area contributed by atoms with Gasteiger partial charge in [-0.2, -0.15) is 5.11 Å². The monoisotopic (exact) mass is 206 g/mol. The minimum absolute atomic E-state index is 0.0963. The summed E-state index contributed by atoms with van der Waals surface area (Å²) < 4.78 is 3.87. The summed E-state index contributed by atoms with van der Waals surface area (Å²) in [7, 11) is 0. The third-order valence-corrected chi connectivity index (χ3v) is 2.85. The van der Waals surface area contributed by atoms with E-state index in [4.69, 9.17) is 0 Å². The molecular weight excluding hydrogens is 196 g/mol. The number of carbonyl (C=O) groups is 1. The summed E-state index contributed by atoms with van der Waals surface area (Å²) in [5.41, 5.74) is 1.88. The number of nitrogens with zero attached hydrogens (tertiary/aromatic N) is 2. The summed E-state index contributed by atoms with van der Waals surface area (Å²) in [5, 5.41) is 4.08. The van der Waals surface area contributed by atoms with Crippen LogP contribution in [0.2, 0.25) is 0 Å². The molecule has 1 unspecified atom stereocenters. The van der Waals surface area contributed by atoms with E-state index in [9.17, 15) is 4.79 Å². The fourth-order valence-electron chi connectivity index (χ4n) is 1.33. The van der Waals surface area contributed by atoms with Crippen LogP contribution >= 0.6 is 11.9 Å². The van der Waals surface area contributed by atoms with Crippen LogP contribution in [0.5, 0.6) is 0 Å². The Kier molecular flexibility index (Phi) is 2.63. The van der Waals surface area contributed by atoms with Gasteiger partial charge < -0.3 is 0 Å². The van der Waals surface area contributed by atoms with Crippen molar-refractivity contribution in [1.29, 1.82) is 0 Å². The van der Waals surface area contributed by atoms with E-state index in [2.05, 4.69) is 9.63 Å². The van der Waals surface area contributed by atoms with Crippen molar-refractivity contribution in [3.05, 3.63) is 35.4 Å². The van der Waals surface area contributed by atoms with Crippen LogP contribution in [0.3, 0.4) is 0 Å². The molecule has 1 aliphatic heterocycles. The highest BCUT2D eigenvalue weighted by Gasteiger charge is 2.15. The van der Waals surface area contributed by atoms with Gasteiger partial charge in [-0.15, -0.1) is 4.52 Å². The molecule has 4 heteroatoms. The van der Waals surface area contributed by atoms with Gasteiger partial charge in [-0.25, -0.2) is 0 Å². The van der Waals surface area contributed by atoms with Crippen molar-refractivity contribution in [2.45, 2.75) is 13.0 Å². The lowest BCUT2D eigenvalue weighted by Gasteiger charge is -2.04. The molecular formula is C10H10N2OS. The molecule has 3 nitrogen and oxygen atoms in total. The minimum Gasteiger partial charge on any atom is -0.295 e. The molecule has 1 atom stereocenters. The quantitative estimate of drug-likeness (QED) is 0.551. The van der Waals surface area contributed by atoms with Gasteiger partial charge in [-0.3, -0.25) is 4.79 Å². The summed E-state index contributed by atoms with van der Waals surface area (Å²) in [6.07, 6.45) is 0. The summed E-state index contributed by atoms with van der Waals surface area (Å²) >= 11 is 1.48. The Bertz CT molecular complexity index is 372. The van der Waals surface area contributed by atoms with Crippen LogP contribution in [-0.2, 0) is 0 Å². The molecule has 0 saturated carbocycles. The average molecular weight is 206 g/mol. The van der Waals surface area contributed by atoms with Crippen molar-refractivity contribution in [2.75, 3.05) is 5.75 Å². The van der Waals surface area contributed by atoms with Crippen LogP contribution in [0.15, 0.2) is 33.9 Å². The normalized spacial score (nSPS) is 19.9. The average Bonchev–Trinajstić information content (AvgIpc) is 2.71. The SMILES string of the molecule is CC(=O)c1ccc(C2CSN=N2)cc1. The molecule has 0 spiro atoms.